The van der Waals surface area contributed by atoms with E-state index >= 15 is 0 Å². The fourth-order valence-electron chi connectivity index (χ4n) is 5.62. The number of nitrogens with zero attached hydrogens (tertiary/aromatic N) is 4. The minimum Gasteiger partial charge on any atom is -0.485 e. The van der Waals surface area contributed by atoms with Crippen LogP contribution < -0.4 is 4.74 Å². The number of carboxylic acids is 1. The predicted octanol–water partition coefficient (Wildman–Crippen LogP) is 5.58. The summed E-state index contributed by atoms with van der Waals surface area (Å²) in [6.07, 6.45) is -3.53. The van der Waals surface area contributed by atoms with Crippen LogP contribution in [0.1, 0.15) is 60.3 Å². The molecule has 0 fully saturated rings. The maximum Gasteiger partial charge on any atom is 0.452 e. The molecule has 0 radical (unpaired) electrons. The molecule has 13 heteroatoms. The number of rotatable bonds is 6. The van der Waals surface area contributed by atoms with Gasteiger partial charge in [0.25, 0.3) is 0 Å². The molecule has 2 atom stereocenters. The first-order valence-corrected chi connectivity index (χ1v) is 15.0. The van der Waals surface area contributed by atoms with Gasteiger partial charge in [-0.05, 0) is 73.7 Å². The third-order valence-corrected chi connectivity index (χ3v) is 9.67. The zero-order valence-corrected chi connectivity index (χ0v) is 25.0. The molecule has 9 nitrogen and oxygen atoms in total. The molecule has 1 N–H and O–H groups in total. The second kappa shape index (κ2) is 10.6. The lowest BCUT2D eigenvalue weighted by atomic mass is 9.79. The average molecular weight is 617 g/mol. The number of aromatic nitrogens is 3. The van der Waals surface area contributed by atoms with Gasteiger partial charge in [-0.15, -0.1) is 10.2 Å². The number of alkyl halides is 3. The number of pyridine rings is 1. The van der Waals surface area contributed by atoms with Crippen molar-refractivity contribution in [2.75, 3.05) is 6.54 Å². The lowest BCUT2D eigenvalue weighted by molar-refractivity contribution is -0.145. The molecule has 0 spiro atoms. The van der Waals surface area contributed by atoms with E-state index in [2.05, 4.69) is 10.2 Å². The van der Waals surface area contributed by atoms with E-state index in [0.717, 1.165) is 9.96 Å². The van der Waals surface area contributed by atoms with Crippen molar-refractivity contribution in [3.63, 3.8) is 0 Å². The van der Waals surface area contributed by atoms with Crippen molar-refractivity contribution >= 4 is 21.6 Å². The Kier molecular flexibility index (Phi) is 7.54. The highest BCUT2D eigenvalue weighted by Crippen LogP contribution is 2.39. The van der Waals surface area contributed by atoms with Crippen molar-refractivity contribution < 1.29 is 36.2 Å². The van der Waals surface area contributed by atoms with Gasteiger partial charge in [-0.25, -0.2) is 8.42 Å². The van der Waals surface area contributed by atoms with Crippen molar-refractivity contribution in [2.45, 2.75) is 63.8 Å². The molecule has 2 unspecified atom stereocenters. The molecule has 43 heavy (non-hydrogen) atoms. The smallest absolute Gasteiger partial charge is 0.452 e. The molecule has 0 saturated heterocycles. The maximum atomic E-state index is 13.8. The van der Waals surface area contributed by atoms with Crippen LogP contribution in [0.3, 0.4) is 0 Å². The predicted molar refractivity (Wildman–Crippen MR) is 151 cm³/mol. The Bertz CT molecular complexity index is 1840. The maximum absolute atomic E-state index is 13.8. The molecule has 2 aromatic heterocycles. The number of carbonyl (C=O) groups is 1. The topological polar surface area (TPSA) is 114 Å². The van der Waals surface area contributed by atoms with Crippen LogP contribution in [0.15, 0.2) is 59.6 Å². The minimum absolute atomic E-state index is 0.00551. The summed E-state index contributed by atoms with van der Waals surface area (Å²) in [6.45, 7) is 8.61. The van der Waals surface area contributed by atoms with E-state index in [1.165, 1.54) is 29.6 Å². The third-order valence-electron chi connectivity index (χ3n) is 7.83. The summed E-state index contributed by atoms with van der Waals surface area (Å²) in [7, 11) is -3.96. The van der Waals surface area contributed by atoms with E-state index in [9.17, 15) is 31.5 Å². The van der Waals surface area contributed by atoms with E-state index in [1.807, 2.05) is 6.92 Å². The van der Waals surface area contributed by atoms with Crippen LogP contribution in [0.2, 0.25) is 0 Å². The highest BCUT2D eigenvalue weighted by molar-refractivity contribution is 7.89. The SMILES string of the molecule is Cc1ccc(C(c2ccn3c(C(F)(F)F)nnc3c2C)C(C)C(=O)O)cc1CN1CC(C)(C)Oc2ccccc2S1(=O)=O. The summed E-state index contributed by atoms with van der Waals surface area (Å²) in [4.78, 5) is 12.4. The summed E-state index contributed by atoms with van der Waals surface area (Å²) in [6, 6.07) is 13.2. The van der Waals surface area contributed by atoms with E-state index in [0.29, 0.717) is 22.3 Å². The number of halogens is 3. The van der Waals surface area contributed by atoms with E-state index < -0.39 is 45.4 Å². The minimum atomic E-state index is -4.72. The number of hydrogen-bond donors (Lipinski definition) is 1. The molecule has 0 saturated carbocycles. The van der Waals surface area contributed by atoms with Crippen LogP contribution in [0.4, 0.5) is 13.2 Å². The summed E-state index contributed by atoms with van der Waals surface area (Å²) in [5.41, 5.74) is 1.97. The Morgan fingerprint density at radius 1 is 1.12 bits per heavy atom. The van der Waals surface area contributed by atoms with E-state index in [-0.39, 0.29) is 29.4 Å². The Balaban J connectivity index is 1.60. The van der Waals surface area contributed by atoms with Crippen molar-refractivity contribution in [3.05, 3.63) is 88.4 Å². The molecule has 1 aliphatic heterocycles. The lowest BCUT2D eigenvalue weighted by Crippen LogP contribution is -2.42. The number of hydrogen-bond acceptors (Lipinski definition) is 6. The van der Waals surface area contributed by atoms with E-state index in [4.69, 9.17) is 4.74 Å². The largest absolute Gasteiger partial charge is 0.485 e. The number of benzene rings is 2. The molecular formula is C30H31F3N4O5S. The van der Waals surface area contributed by atoms with E-state index in [1.54, 1.807) is 57.2 Å². The van der Waals surface area contributed by atoms with Gasteiger partial charge < -0.3 is 9.84 Å². The van der Waals surface area contributed by atoms with Crippen molar-refractivity contribution in [1.29, 1.82) is 0 Å². The number of para-hydroxylation sites is 1. The van der Waals surface area contributed by atoms with Crippen molar-refractivity contribution in [1.82, 2.24) is 18.9 Å². The number of fused-ring (bicyclic) bond motifs is 2. The molecule has 0 aliphatic carbocycles. The number of carboxylic acid groups (broad SMARTS) is 1. The van der Waals surface area contributed by atoms with Crippen LogP contribution >= 0.6 is 0 Å². The van der Waals surface area contributed by atoms with Crippen LogP contribution in [0.25, 0.3) is 5.65 Å². The van der Waals surface area contributed by atoms with Crippen LogP contribution in [0.5, 0.6) is 5.75 Å². The molecule has 1 aliphatic rings. The molecular weight excluding hydrogens is 585 g/mol. The summed E-state index contributed by atoms with van der Waals surface area (Å²) in [5.74, 6) is -3.78. The third kappa shape index (κ3) is 5.58. The summed E-state index contributed by atoms with van der Waals surface area (Å²) >= 11 is 0. The number of aryl methyl sites for hydroxylation is 2. The molecule has 2 aromatic carbocycles. The quantitative estimate of drug-likeness (QED) is 0.301. The molecule has 3 heterocycles. The Labute approximate surface area is 247 Å². The van der Waals surface area contributed by atoms with Gasteiger partial charge in [-0.2, -0.15) is 17.5 Å². The lowest BCUT2D eigenvalue weighted by Gasteiger charge is -2.29. The zero-order chi connectivity index (χ0) is 31.5. The Morgan fingerprint density at radius 3 is 2.49 bits per heavy atom. The summed E-state index contributed by atoms with van der Waals surface area (Å²) in [5, 5.41) is 17.1. The second-order valence-corrected chi connectivity index (χ2v) is 13.4. The Morgan fingerprint density at radius 2 is 1.81 bits per heavy atom. The first kappa shape index (κ1) is 30.5. The number of sulfonamides is 1. The van der Waals surface area contributed by atoms with Crippen LogP contribution in [-0.2, 0) is 27.5 Å². The first-order chi connectivity index (χ1) is 20.0. The molecule has 228 valence electrons. The standard InChI is InChI=1S/C30H31F3N4O5S/c1-17-10-11-20(14-21(17)15-36-16-29(4,5)42-23-8-6-7-9-24(23)43(36,40)41)25(19(3)27(38)39)22-12-13-37-26(18(22)2)34-35-28(37)30(31,32)33/h6-14,19,25H,15-16H2,1-5H3,(H,38,39). The number of aliphatic carboxylic acids is 1. The molecule has 0 bridgehead atoms. The molecule has 0 amide bonds. The fourth-order valence-corrected chi connectivity index (χ4v) is 7.30. The van der Waals surface area contributed by atoms with Crippen molar-refractivity contribution in [2.24, 2.45) is 5.92 Å². The van der Waals surface area contributed by atoms with Gasteiger partial charge in [0, 0.05) is 18.7 Å². The van der Waals surface area contributed by atoms with Crippen LogP contribution in [0, 0.1) is 19.8 Å². The van der Waals surface area contributed by atoms with Gasteiger partial charge >= 0.3 is 12.1 Å². The Hall–Kier alpha value is -3.97. The monoisotopic (exact) mass is 616 g/mol. The summed E-state index contributed by atoms with van der Waals surface area (Å²) < 4.78 is 76.2. The zero-order valence-electron chi connectivity index (χ0n) is 24.2. The van der Waals surface area contributed by atoms with Crippen molar-refractivity contribution in [3.8, 4) is 5.75 Å². The molecule has 4 aromatic rings. The molecule has 5 rings (SSSR count). The first-order valence-electron chi connectivity index (χ1n) is 13.5. The van der Waals surface area contributed by atoms with Gasteiger partial charge in [0.05, 0.1) is 12.5 Å². The highest BCUT2D eigenvalue weighted by Gasteiger charge is 2.40. The van der Waals surface area contributed by atoms with Gasteiger partial charge in [0.15, 0.2) is 5.65 Å². The van der Waals surface area contributed by atoms with Crippen LogP contribution in [-0.4, -0.2) is 50.5 Å². The van der Waals surface area contributed by atoms with Gasteiger partial charge in [-0.3, -0.25) is 9.20 Å². The highest BCUT2D eigenvalue weighted by atomic mass is 32.2. The normalized spacial score (nSPS) is 18.0. The van der Waals surface area contributed by atoms with Gasteiger partial charge in [-0.1, -0.05) is 37.3 Å². The van der Waals surface area contributed by atoms with Gasteiger partial charge in [0.1, 0.15) is 16.2 Å². The number of ether oxygens (including phenoxy) is 1. The average Bonchev–Trinajstić information content (AvgIpc) is 3.34. The fraction of sp³-hybridized carbons (Fsp3) is 0.367. The van der Waals surface area contributed by atoms with Gasteiger partial charge in [0.2, 0.25) is 15.8 Å². The second-order valence-electron chi connectivity index (χ2n) is 11.5.